The molecule has 3 aliphatic carbocycles. The number of hydrogen-bond acceptors (Lipinski definition) is 0. The SMILES string of the molecule is C(=C\C1CCCCC1)/CCC1CCC(CC2CC[CH-]CC2)CC1.[Rb+]. The topological polar surface area (TPSA) is 0 Å². The van der Waals surface area contributed by atoms with Gasteiger partial charge >= 0.3 is 58.2 Å². The summed E-state index contributed by atoms with van der Waals surface area (Å²) in [6.45, 7) is 0. The Morgan fingerprint density at radius 1 is 0.708 bits per heavy atom. The van der Waals surface area contributed by atoms with Crippen molar-refractivity contribution in [2.24, 2.45) is 23.7 Å². The minimum Gasteiger partial charge on any atom is -0.328 e. The van der Waals surface area contributed by atoms with Crippen molar-refractivity contribution in [1.29, 1.82) is 0 Å². The molecule has 0 radical (unpaired) electrons. The van der Waals surface area contributed by atoms with Crippen molar-refractivity contribution in [1.82, 2.24) is 0 Å². The van der Waals surface area contributed by atoms with Crippen LogP contribution in [0.5, 0.6) is 0 Å². The average molecular weight is 401 g/mol. The average Bonchev–Trinajstić information content (AvgIpc) is 2.62. The molecule has 3 rings (SSSR count). The van der Waals surface area contributed by atoms with Gasteiger partial charge in [-0.3, -0.25) is 0 Å². The van der Waals surface area contributed by atoms with Gasteiger partial charge in [-0.25, -0.2) is 0 Å². The first-order valence-corrected chi connectivity index (χ1v) is 10.9. The van der Waals surface area contributed by atoms with Gasteiger partial charge in [0.05, 0.1) is 0 Å². The molecule has 3 aliphatic rings. The van der Waals surface area contributed by atoms with Gasteiger partial charge in [0, 0.05) is 0 Å². The third kappa shape index (κ3) is 8.06. The van der Waals surface area contributed by atoms with E-state index in [9.17, 15) is 0 Å². The molecule has 0 amide bonds. The Balaban J connectivity index is 0.00000208. The standard InChI is InChI=1S/C23H39.Rb/c1-3-9-20(10-4-1)11-7-8-12-21-15-17-23(18-16-21)19-22-13-5-2-6-14-22;/h2,7,11,20-23H,1,3-6,8-10,12-19H2;/q-1;+1/b11-7+;. The first-order chi connectivity index (χ1) is 11.4. The van der Waals surface area contributed by atoms with Crippen molar-refractivity contribution in [3.63, 3.8) is 0 Å². The molecule has 0 saturated heterocycles. The summed E-state index contributed by atoms with van der Waals surface area (Å²) < 4.78 is 0. The van der Waals surface area contributed by atoms with Crippen LogP contribution in [0, 0.1) is 30.1 Å². The van der Waals surface area contributed by atoms with Crippen LogP contribution in [-0.4, -0.2) is 0 Å². The third-order valence-corrected chi connectivity index (χ3v) is 6.99. The molecule has 0 aromatic rings. The van der Waals surface area contributed by atoms with E-state index < -0.39 is 0 Å². The van der Waals surface area contributed by atoms with Crippen molar-refractivity contribution >= 4 is 0 Å². The molecule has 0 spiro atoms. The molecule has 0 N–H and O–H groups in total. The molecule has 24 heavy (non-hydrogen) atoms. The molecule has 132 valence electrons. The predicted molar refractivity (Wildman–Crippen MR) is 101 cm³/mol. The van der Waals surface area contributed by atoms with Gasteiger partial charge in [0.25, 0.3) is 0 Å². The molecule has 0 aliphatic heterocycles. The fraction of sp³-hybridized carbons (Fsp3) is 0.870. The molecule has 3 saturated carbocycles. The maximum atomic E-state index is 2.56. The number of hydrogen-bond donors (Lipinski definition) is 0. The summed E-state index contributed by atoms with van der Waals surface area (Å²) in [5.41, 5.74) is 0. The summed E-state index contributed by atoms with van der Waals surface area (Å²) in [7, 11) is 0. The molecule has 0 nitrogen and oxygen atoms in total. The Morgan fingerprint density at radius 3 is 2.04 bits per heavy atom. The van der Waals surface area contributed by atoms with Gasteiger partial charge in [0.15, 0.2) is 0 Å². The largest absolute Gasteiger partial charge is 1.00 e. The quantitative estimate of drug-likeness (QED) is 0.455. The minimum absolute atomic E-state index is 0. The van der Waals surface area contributed by atoms with Crippen LogP contribution in [0.15, 0.2) is 12.2 Å². The number of allylic oxidation sites excluding steroid dienone is 2. The monoisotopic (exact) mass is 400 g/mol. The summed E-state index contributed by atoms with van der Waals surface area (Å²) in [4.78, 5) is 0. The second kappa shape index (κ2) is 12.8. The van der Waals surface area contributed by atoms with Crippen molar-refractivity contribution in [2.75, 3.05) is 0 Å². The van der Waals surface area contributed by atoms with Crippen LogP contribution >= 0.6 is 0 Å². The molecule has 3 fully saturated rings. The Bertz CT molecular complexity index is 328. The first kappa shape index (κ1) is 21.8. The zero-order valence-corrected chi connectivity index (χ0v) is 21.3. The van der Waals surface area contributed by atoms with Gasteiger partial charge in [-0.2, -0.15) is 12.8 Å². The summed E-state index contributed by atoms with van der Waals surface area (Å²) in [5.74, 6) is 4.11. The van der Waals surface area contributed by atoms with E-state index in [1.54, 1.807) is 6.42 Å². The van der Waals surface area contributed by atoms with E-state index in [0.717, 1.165) is 23.7 Å². The molecule has 0 unspecified atom stereocenters. The van der Waals surface area contributed by atoms with Crippen LogP contribution in [-0.2, 0) is 0 Å². The normalized spacial score (nSPS) is 30.3. The summed E-state index contributed by atoms with van der Waals surface area (Å²) >= 11 is 0. The molecule has 0 heterocycles. The maximum Gasteiger partial charge on any atom is 1.00 e. The zero-order valence-electron chi connectivity index (χ0n) is 16.4. The fourth-order valence-electron chi connectivity index (χ4n) is 5.41. The van der Waals surface area contributed by atoms with Gasteiger partial charge in [0.2, 0.25) is 0 Å². The Labute approximate surface area is 200 Å². The molecule has 0 aromatic heterocycles. The first-order valence-electron chi connectivity index (χ1n) is 10.9. The van der Waals surface area contributed by atoms with E-state index in [1.807, 2.05) is 0 Å². The molecular weight excluding hydrogens is 362 g/mol. The van der Waals surface area contributed by atoms with Crippen molar-refractivity contribution < 1.29 is 58.2 Å². The minimum atomic E-state index is 0. The van der Waals surface area contributed by atoms with Gasteiger partial charge < -0.3 is 6.42 Å². The van der Waals surface area contributed by atoms with Crippen LogP contribution in [0.3, 0.4) is 0 Å². The Morgan fingerprint density at radius 2 is 1.33 bits per heavy atom. The van der Waals surface area contributed by atoms with E-state index in [0.29, 0.717) is 0 Å². The van der Waals surface area contributed by atoms with Crippen molar-refractivity contribution in [3.05, 3.63) is 18.6 Å². The van der Waals surface area contributed by atoms with Crippen molar-refractivity contribution in [2.45, 2.75) is 103 Å². The summed E-state index contributed by atoms with van der Waals surface area (Å²) in [6.07, 6.45) is 31.2. The van der Waals surface area contributed by atoms with Gasteiger partial charge in [-0.15, -0.1) is 0 Å². The smallest absolute Gasteiger partial charge is 0.328 e. The second-order valence-corrected chi connectivity index (χ2v) is 8.84. The maximum absolute atomic E-state index is 2.56. The van der Waals surface area contributed by atoms with E-state index in [-0.39, 0.29) is 58.2 Å². The molecular formula is C23H39Rb. The van der Waals surface area contributed by atoms with E-state index >= 15 is 0 Å². The van der Waals surface area contributed by atoms with E-state index in [4.69, 9.17) is 0 Å². The summed E-state index contributed by atoms with van der Waals surface area (Å²) in [6, 6.07) is 0. The predicted octanol–water partition coefficient (Wildman–Crippen LogP) is 4.50. The fourth-order valence-corrected chi connectivity index (χ4v) is 5.41. The van der Waals surface area contributed by atoms with Crippen LogP contribution in [0.25, 0.3) is 0 Å². The molecule has 0 aromatic carbocycles. The number of rotatable bonds is 6. The van der Waals surface area contributed by atoms with E-state index in [2.05, 4.69) is 18.6 Å². The van der Waals surface area contributed by atoms with Crippen LogP contribution in [0.2, 0.25) is 0 Å². The Hall–Kier alpha value is 1.55. The van der Waals surface area contributed by atoms with Crippen LogP contribution < -0.4 is 58.2 Å². The second-order valence-electron chi connectivity index (χ2n) is 8.84. The van der Waals surface area contributed by atoms with Crippen LogP contribution in [0.1, 0.15) is 103 Å². The van der Waals surface area contributed by atoms with Gasteiger partial charge in [-0.1, -0.05) is 69.9 Å². The van der Waals surface area contributed by atoms with E-state index in [1.165, 1.54) is 96.3 Å². The zero-order chi connectivity index (χ0) is 15.7. The molecule has 0 atom stereocenters. The summed E-state index contributed by atoms with van der Waals surface area (Å²) in [5, 5.41) is 0. The Kier molecular flexibility index (Phi) is 11.7. The van der Waals surface area contributed by atoms with Gasteiger partial charge in [-0.05, 0) is 55.8 Å². The van der Waals surface area contributed by atoms with Crippen molar-refractivity contribution in [3.8, 4) is 0 Å². The van der Waals surface area contributed by atoms with Gasteiger partial charge in [0.1, 0.15) is 0 Å². The third-order valence-electron chi connectivity index (χ3n) is 6.99. The van der Waals surface area contributed by atoms with Crippen LogP contribution in [0.4, 0.5) is 0 Å². The molecule has 1 heteroatoms. The molecule has 0 bridgehead atoms.